The van der Waals surface area contributed by atoms with Crippen molar-refractivity contribution in [1.29, 1.82) is 10.5 Å². The van der Waals surface area contributed by atoms with Crippen molar-refractivity contribution in [3.8, 4) is 159 Å². The van der Waals surface area contributed by atoms with Crippen LogP contribution < -0.4 is 0 Å². The Morgan fingerprint density at radius 1 is 0.199 bits per heavy atom. The van der Waals surface area contributed by atoms with Crippen molar-refractivity contribution in [2.24, 2.45) is 0 Å². The van der Waals surface area contributed by atoms with E-state index in [1.54, 1.807) is 0 Å². The van der Waals surface area contributed by atoms with Crippen LogP contribution in [-0.4, -0.2) is 48.2 Å². The summed E-state index contributed by atoms with van der Waals surface area (Å²) in [4.78, 5) is 35.3. The number of para-hydroxylation sites is 7. The zero-order valence-electron chi connectivity index (χ0n) is 73.1. The first-order valence-electron chi connectivity index (χ1n) is 45.1. The molecule has 6 heterocycles. The molecule has 25 rings (SSSR count). The van der Waals surface area contributed by atoms with Crippen LogP contribution in [0.1, 0.15) is 11.1 Å². The Morgan fingerprint density at radius 3 is 0.912 bits per heavy atom. The Labute approximate surface area is 782 Å². The number of nitriles is 2. The summed E-state index contributed by atoms with van der Waals surface area (Å²) >= 11 is 0. The van der Waals surface area contributed by atoms with Gasteiger partial charge in [0.05, 0.1) is 85.3 Å². The van der Waals surface area contributed by atoms with E-state index >= 15 is 0 Å². The van der Waals surface area contributed by atoms with Gasteiger partial charge in [-0.15, -0.1) is 0 Å². The fraction of sp³-hybridized carbons (Fsp3) is 0. The van der Waals surface area contributed by atoms with Gasteiger partial charge in [0.25, 0.3) is 0 Å². The molecule has 0 aliphatic heterocycles. The van der Waals surface area contributed by atoms with E-state index in [0.29, 0.717) is 51.8 Å². The van der Waals surface area contributed by atoms with Crippen LogP contribution in [0.15, 0.2) is 455 Å². The van der Waals surface area contributed by atoms with E-state index in [1.807, 2.05) is 194 Å². The van der Waals surface area contributed by atoms with E-state index in [2.05, 4.69) is 296 Å². The predicted molar refractivity (Wildman–Crippen MR) is 552 cm³/mol. The first-order valence-corrected chi connectivity index (χ1v) is 45.1. The number of aromatic nitrogens is 10. The molecule has 0 saturated carbocycles. The molecule has 0 bridgehead atoms. The Kier molecular flexibility index (Phi) is 20.1. The average molecular weight is 1740 g/mol. The number of hydrogen-bond donors (Lipinski definition) is 0. The highest BCUT2D eigenvalue weighted by Crippen LogP contribution is 2.48. The summed E-state index contributed by atoms with van der Waals surface area (Å²) in [5.41, 5.74) is 29.9. The number of rotatable bonds is 15. The van der Waals surface area contributed by atoms with Gasteiger partial charge in [-0.05, 0) is 166 Å². The van der Waals surface area contributed by atoms with Crippen LogP contribution in [0.4, 0.5) is 5.69 Å². The molecule has 0 aliphatic carbocycles. The predicted octanol–water partition coefficient (Wildman–Crippen LogP) is 30.8. The van der Waals surface area contributed by atoms with Crippen LogP contribution in [0, 0.1) is 29.2 Å². The van der Waals surface area contributed by atoms with Crippen molar-refractivity contribution < 1.29 is 0 Å². The fourth-order valence-corrected chi connectivity index (χ4v) is 19.5. The summed E-state index contributed by atoms with van der Waals surface area (Å²) in [7, 11) is 0. The standard InChI is InChI=1S/C65H39N7.C58H36N6/c66-40-42-15-12-21-46(35-42)48-29-32-59-55(37-48)56-38-49(47-22-13-16-43(36-47)41-67)30-33-60(56)72(59)61-34-31-50(52-26-14-27-54-53-25-10-11-28-58(53)71(62(52)54)51-23-8-3-9-24-51)39-57(61)65-69-63(44-17-4-1-5-18-44)68-64(70-65)45-19-6-2-7-20-45;1-59-43-32-28-38(29-33-43)41-30-34-48-46-22-11-14-27-52(46)64(54(48)37-41)53-35-31-42(45-24-15-25-49-47-23-12-13-26-51(47)63(55(45)49)44-20-9-4-10-21-44)36-50(53)58-61-56(39-16-5-2-6-17-39)60-57(62-58)40-18-7-3-8-19-40/h1-39H;2-37H. The number of nitrogens with zero attached hydrogens (tertiary/aromatic N) is 13. The highest BCUT2D eigenvalue weighted by atomic mass is 15.1. The minimum atomic E-state index is 0.528. The molecule has 0 saturated heterocycles. The van der Waals surface area contributed by atoms with E-state index in [4.69, 9.17) is 36.5 Å². The third kappa shape index (κ3) is 14.3. The first-order chi connectivity index (χ1) is 67.3. The molecule has 0 unspecified atom stereocenters. The average Bonchev–Trinajstić information content (AvgIpc) is 1.56. The monoisotopic (exact) mass is 1730 g/mol. The maximum absolute atomic E-state index is 9.87. The van der Waals surface area contributed by atoms with Crippen molar-refractivity contribution in [1.82, 2.24) is 48.2 Å². The Bertz CT molecular complexity index is 8950. The van der Waals surface area contributed by atoms with Gasteiger partial charge in [-0.3, -0.25) is 0 Å². The second-order valence-electron chi connectivity index (χ2n) is 33.7. The molecule has 0 atom stereocenters. The quantitative estimate of drug-likeness (QED) is 0.0921. The van der Waals surface area contributed by atoms with Crippen LogP contribution in [0.5, 0.6) is 0 Å². The molecule has 6 aromatic heterocycles. The van der Waals surface area contributed by atoms with Gasteiger partial charge >= 0.3 is 0 Å². The Hall–Kier alpha value is -19.1. The van der Waals surface area contributed by atoms with Crippen LogP contribution in [-0.2, 0) is 0 Å². The molecule has 19 aromatic carbocycles. The molecule has 0 amide bonds. The summed E-state index contributed by atoms with van der Waals surface area (Å²) in [6.45, 7) is 7.52. The van der Waals surface area contributed by atoms with Crippen molar-refractivity contribution >= 4 is 92.9 Å². The summed E-state index contributed by atoms with van der Waals surface area (Å²) < 4.78 is 9.44. The molecule has 632 valence electrons. The highest BCUT2D eigenvalue weighted by molar-refractivity contribution is 6.17. The van der Waals surface area contributed by atoms with Gasteiger partial charge < -0.3 is 18.3 Å². The van der Waals surface area contributed by atoms with Gasteiger partial charge in [0.1, 0.15) is 0 Å². The minimum absolute atomic E-state index is 0.528. The van der Waals surface area contributed by atoms with Crippen LogP contribution >= 0.6 is 0 Å². The zero-order chi connectivity index (χ0) is 90.7. The van der Waals surface area contributed by atoms with E-state index < -0.39 is 0 Å². The van der Waals surface area contributed by atoms with E-state index in [9.17, 15) is 10.5 Å². The molecule has 13 heteroatoms. The molecular formula is C123H75N13. The molecule has 136 heavy (non-hydrogen) atoms. The molecule has 0 spiro atoms. The van der Waals surface area contributed by atoms with Gasteiger partial charge in [-0.2, -0.15) is 10.5 Å². The smallest absolute Gasteiger partial charge is 0.187 e. The lowest BCUT2D eigenvalue weighted by Gasteiger charge is -2.17. The van der Waals surface area contributed by atoms with Crippen molar-refractivity contribution in [3.63, 3.8) is 0 Å². The normalized spacial score (nSPS) is 11.4. The first kappa shape index (κ1) is 80.2. The summed E-state index contributed by atoms with van der Waals surface area (Å²) in [6, 6.07) is 162. The van der Waals surface area contributed by atoms with Gasteiger partial charge in [-0.25, -0.2) is 34.7 Å². The third-order valence-electron chi connectivity index (χ3n) is 25.8. The van der Waals surface area contributed by atoms with Crippen LogP contribution in [0.2, 0.25) is 0 Å². The van der Waals surface area contributed by atoms with Gasteiger partial charge in [0, 0.05) is 99.0 Å². The summed E-state index contributed by atoms with van der Waals surface area (Å²) in [6.07, 6.45) is 0. The maximum atomic E-state index is 9.87. The fourth-order valence-electron chi connectivity index (χ4n) is 19.5. The van der Waals surface area contributed by atoms with Gasteiger partial charge in [0.15, 0.2) is 40.6 Å². The Balaban J connectivity index is 0.000000150. The number of hydrogen-bond acceptors (Lipinski definition) is 8. The lowest BCUT2D eigenvalue weighted by atomic mass is 9.98. The molecule has 13 nitrogen and oxygen atoms in total. The second kappa shape index (κ2) is 34.1. The lowest BCUT2D eigenvalue weighted by Crippen LogP contribution is -2.04. The summed E-state index contributed by atoms with van der Waals surface area (Å²) in [5, 5.41) is 28.8. The SMILES string of the molecule is N#Cc1cccc(-c2ccc3c(c2)c2cc(-c4cccc(C#N)c4)ccc2n3-c2ccc(-c3cccc4c5ccccc5n(-c5ccccc5)c34)cc2-c2nc(-c3ccccc3)nc(-c3ccccc3)n2)c1.[C-]#[N+]c1ccc(-c2ccc3c4ccccc4n(-c4ccc(-c5cccc6c7ccccc7n(-c7ccccc7)c56)cc4-c4nc(-c5ccccc5)nc(-c5ccccc5)n4)c3c2)cc1. The molecule has 0 aliphatic rings. The van der Waals surface area contributed by atoms with E-state index in [-0.39, 0.29) is 0 Å². The van der Waals surface area contributed by atoms with Crippen LogP contribution in [0.25, 0.3) is 239 Å². The molecule has 0 radical (unpaired) electrons. The molecular weight excluding hydrogens is 1660 g/mol. The largest absolute Gasteiger partial charge is 0.309 e. The molecule has 25 aromatic rings. The van der Waals surface area contributed by atoms with Crippen molar-refractivity contribution in [2.75, 3.05) is 0 Å². The molecule has 0 fully saturated rings. The second-order valence-corrected chi connectivity index (χ2v) is 33.7. The topological polar surface area (TPSA) is 149 Å². The lowest BCUT2D eigenvalue weighted by molar-refractivity contribution is 1.06. The van der Waals surface area contributed by atoms with Crippen molar-refractivity contribution in [2.45, 2.75) is 0 Å². The third-order valence-corrected chi connectivity index (χ3v) is 25.8. The maximum Gasteiger partial charge on any atom is 0.187 e. The van der Waals surface area contributed by atoms with Gasteiger partial charge in [0.2, 0.25) is 0 Å². The van der Waals surface area contributed by atoms with Crippen LogP contribution in [0.3, 0.4) is 0 Å². The van der Waals surface area contributed by atoms with Crippen molar-refractivity contribution in [3.05, 3.63) is 478 Å². The summed E-state index contributed by atoms with van der Waals surface area (Å²) in [5.74, 6) is 3.42. The molecule has 0 N–H and O–H groups in total. The minimum Gasteiger partial charge on any atom is -0.309 e. The number of fused-ring (bicyclic) bond motifs is 12. The van der Waals surface area contributed by atoms with E-state index in [1.165, 1.54) is 16.2 Å². The highest BCUT2D eigenvalue weighted by Gasteiger charge is 2.28. The number of benzene rings is 19. The van der Waals surface area contributed by atoms with Gasteiger partial charge in [-0.1, -0.05) is 334 Å². The van der Waals surface area contributed by atoms with E-state index in [0.717, 1.165) is 183 Å². The zero-order valence-corrected chi connectivity index (χ0v) is 73.1. The Morgan fingerprint density at radius 2 is 0.500 bits per heavy atom.